The van der Waals surface area contributed by atoms with E-state index in [2.05, 4.69) is 12.1 Å². The summed E-state index contributed by atoms with van der Waals surface area (Å²) in [6.07, 6.45) is 7.79. The number of methoxy groups -OCH3 is 1. The lowest BCUT2D eigenvalue weighted by molar-refractivity contribution is -0.231. The first-order valence-corrected chi connectivity index (χ1v) is 11.2. The van der Waals surface area contributed by atoms with Crippen molar-refractivity contribution in [2.75, 3.05) is 13.7 Å². The molecule has 2 aromatic rings. The molecular weight excluding hydrogens is 379 g/mol. The Labute approximate surface area is 178 Å². The quantitative estimate of drug-likeness (QED) is 0.542. The first-order chi connectivity index (χ1) is 14.5. The molecule has 0 aliphatic heterocycles. The van der Waals surface area contributed by atoms with Crippen LogP contribution in [0.15, 0.2) is 30.3 Å². The zero-order valence-corrected chi connectivity index (χ0v) is 17.8. The minimum Gasteiger partial charge on any atom is -0.441 e. The van der Waals surface area contributed by atoms with Crippen molar-refractivity contribution in [3.05, 3.63) is 35.9 Å². The monoisotopic (exact) mass is 410 g/mol. The van der Waals surface area contributed by atoms with Crippen LogP contribution in [0.5, 0.6) is 5.75 Å². The van der Waals surface area contributed by atoms with E-state index >= 15 is 0 Å². The second-order valence-corrected chi connectivity index (χ2v) is 9.62. The third-order valence-corrected chi connectivity index (χ3v) is 7.59. The van der Waals surface area contributed by atoms with E-state index in [1.807, 2.05) is 19.1 Å². The predicted octanol–water partition coefficient (Wildman–Crippen LogP) is 3.33. The molecule has 1 atom stereocenters. The molecule has 4 saturated carbocycles. The molecule has 6 rings (SSSR count). The topological polar surface area (TPSA) is 68.2 Å². The molecule has 4 bridgehead atoms. The van der Waals surface area contributed by atoms with E-state index in [1.54, 1.807) is 13.2 Å². The summed E-state index contributed by atoms with van der Waals surface area (Å²) in [6.45, 7) is 1.70. The number of rotatable bonds is 7. The SMILES string of the molecule is CCOC(OC)Oc1cc2ccc(B(O)O)cc2cc1C12CC3CC(CC(C3)C1)C2. The van der Waals surface area contributed by atoms with Gasteiger partial charge >= 0.3 is 13.6 Å². The van der Waals surface area contributed by atoms with Gasteiger partial charge in [-0.15, -0.1) is 0 Å². The largest absolute Gasteiger partial charge is 0.488 e. The zero-order valence-electron chi connectivity index (χ0n) is 17.8. The molecule has 0 amide bonds. The number of benzene rings is 2. The minimum atomic E-state index is -1.47. The Bertz CT molecular complexity index is 892. The third-order valence-electron chi connectivity index (χ3n) is 7.59. The molecule has 0 radical (unpaired) electrons. The van der Waals surface area contributed by atoms with Crippen LogP contribution in [-0.4, -0.2) is 37.4 Å². The Kier molecular flexibility index (Phi) is 5.30. The van der Waals surface area contributed by atoms with E-state index in [-0.39, 0.29) is 5.41 Å². The molecule has 0 saturated heterocycles. The van der Waals surface area contributed by atoms with Crippen molar-refractivity contribution in [1.29, 1.82) is 0 Å². The average molecular weight is 410 g/mol. The van der Waals surface area contributed by atoms with Crippen molar-refractivity contribution >= 4 is 23.4 Å². The number of fused-ring (bicyclic) bond motifs is 1. The van der Waals surface area contributed by atoms with Gasteiger partial charge in [0, 0.05) is 12.7 Å². The lowest BCUT2D eigenvalue weighted by Gasteiger charge is -2.57. The van der Waals surface area contributed by atoms with Gasteiger partial charge in [-0.1, -0.05) is 18.2 Å². The van der Waals surface area contributed by atoms with E-state index in [1.165, 1.54) is 44.1 Å². The predicted molar refractivity (Wildman–Crippen MR) is 117 cm³/mol. The summed E-state index contributed by atoms with van der Waals surface area (Å²) in [5, 5.41) is 21.3. The van der Waals surface area contributed by atoms with Gasteiger partial charge in [-0.3, -0.25) is 0 Å². The molecule has 1 unspecified atom stereocenters. The van der Waals surface area contributed by atoms with Crippen LogP contribution >= 0.6 is 0 Å². The van der Waals surface area contributed by atoms with Gasteiger partial charge in [-0.2, -0.15) is 0 Å². The minimum absolute atomic E-state index is 0.136. The maximum atomic E-state index is 9.64. The number of hydrogen-bond acceptors (Lipinski definition) is 5. The summed E-state index contributed by atoms with van der Waals surface area (Å²) in [6, 6.07) is 9.84. The lowest BCUT2D eigenvalue weighted by Crippen LogP contribution is -2.48. The van der Waals surface area contributed by atoms with Gasteiger partial charge in [0.05, 0.1) is 6.61 Å². The molecule has 2 N–H and O–H groups in total. The Morgan fingerprint density at radius 1 is 1.00 bits per heavy atom. The van der Waals surface area contributed by atoms with Gasteiger partial charge in [0.15, 0.2) is 0 Å². The number of ether oxygens (including phenoxy) is 3. The van der Waals surface area contributed by atoms with Gasteiger partial charge in [0.1, 0.15) is 5.75 Å². The van der Waals surface area contributed by atoms with Crippen molar-refractivity contribution in [3.8, 4) is 5.75 Å². The van der Waals surface area contributed by atoms with Crippen LogP contribution in [-0.2, 0) is 14.9 Å². The first kappa shape index (κ1) is 20.3. The molecule has 0 heterocycles. The smallest absolute Gasteiger partial charge is 0.441 e. The van der Waals surface area contributed by atoms with Gasteiger partial charge in [0.25, 0.3) is 0 Å². The summed E-state index contributed by atoms with van der Waals surface area (Å²) < 4.78 is 17.3. The summed E-state index contributed by atoms with van der Waals surface area (Å²) in [5.41, 5.74) is 1.88. The molecule has 0 spiro atoms. The Hall–Kier alpha value is -1.60. The Balaban J connectivity index is 1.62. The van der Waals surface area contributed by atoms with Crippen molar-refractivity contribution < 1.29 is 24.3 Å². The molecule has 30 heavy (non-hydrogen) atoms. The molecule has 5 nitrogen and oxygen atoms in total. The molecule has 4 aliphatic carbocycles. The molecule has 2 aromatic carbocycles. The highest BCUT2D eigenvalue weighted by atomic mass is 16.8. The van der Waals surface area contributed by atoms with Crippen molar-refractivity contribution in [2.24, 2.45) is 17.8 Å². The molecule has 160 valence electrons. The van der Waals surface area contributed by atoms with Crippen molar-refractivity contribution in [1.82, 2.24) is 0 Å². The second kappa shape index (κ2) is 7.83. The van der Waals surface area contributed by atoms with Crippen molar-refractivity contribution in [2.45, 2.75) is 57.3 Å². The molecule has 6 heteroatoms. The highest BCUT2D eigenvalue weighted by molar-refractivity contribution is 6.58. The highest BCUT2D eigenvalue weighted by Gasteiger charge is 2.52. The van der Waals surface area contributed by atoms with E-state index in [9.17, 15) is 10.0 Å². The maximum absolute atomic E-state index is 9.64. The summed E-state index contributed by atoms with van der Waals surface area (Å²) in [5.74, 6) is 3.28. The average Bonchev–Trinajstić information content (AvgIpc) is 2.71. The first-order valence-electron chi connectivity index (χ1n) is 11.2. The Morgan fingerprint density at radius 3 is 2.23 bits per heavy atom. The van der Waals surface area contributed by atoms with Crippen LogP contribution < -0.4 is 10.2 Å². The van der Waals surface area contributed by atoms with Crippen LogP contribution in [0.2, 0.25) is 0 Å². The molecule has 0 aromatic heterocycles. The molecule has 4 aliphatic rings. The zero-order chi connectivity index (χ0) is 20.9. The van der Waals surface area contributed by atoms with Crippen LogP contribution in [0.4, 0.5) is 0 Å². The van der Waals surface area contributed by atoms with Gasteiger partial charge in [-0.25, -0.2) is 0 Å². The van der Waals surface area contributed by atoms with Crippen LogP contribution in [0.3, 0.4) is 0 Å². The van der Waals surface area contributed by atoms with E-state index in [4.69, 9.17) is 14.2 Å². The molecule has 4 fully saturated rings. The van der Waals surface area contributed by atoms with Crippen molar-refractivity contribution in [3.63, 3.8) is 0 Å². The molecular formula is C24H31BO5. The summed E-state index contributed by atoms with van der Waals surface area (Å²) in [4.78, 5) is 0. The van der Waals surface area contributed by atoms with E-state index in [0.29, 0.717) is 12.1 Å². The van der Waals surface area contributed by atoms with Gasteiger partial charge in [-0.05, 0) is 97.0 Å². The lowest BCUT2D eigenvalue weighted by atomic mass is 9.48. The second-order valence-electron chi connectivity index (χ2n) is 9.62. The standard InChI is InChI=1S/C24H31BO5/c1-3-29-23(28-2)30-22-11-18-4-5-20(25(26)27)9-19(18)10-21(22)24-12-15-6-16(13-24)8-17(7-15)14-24/h4-5,9-11,15-17,23,26-27H,3,6-8,12-14H2,1-2H3. The maximum Gasteiger partial charge on any atom is 0.488 e. The third kappa shape index (κ3) is 3.54. The number of hydrogen-bond donors (Lipinski definition) is 2. The van der Waals surface area contributed by atoms with Crippen LogP contribution in [0.1, 0.15) is 51.0 Å². The fourth-order valence-electron chi connectivity index (χ4n) is 6.80. The van der Waals surface area contributed by atoms with Gasteiger partial charge < -0.3 is 24.3 Å². The normalized spacial score (nSPS) is 30.6. The fraction of sp³-hybridized carbons (Fsp3) is 0.583. The van der Waals surface area contributed by atoms with Crippen LogP contribution in [0, 0.1) is 17.8 Å². The summed E-state index contributed by atoms with van der Waals surface area (Å²) >= 11 is 0. The fourth-order valence-corrected chi connectivity index (χ4v) is 6.80. The van der Waals surface area contributed by atoms with E-state index in [0.717, 1.165) is 34.3 Å². The highest BCUT2D eigenvalue weighted by Crippen LogP contribution is 2.62. The van der Waals surface area contributed by atoms with Crippen LogP contribution in [0.25, 0.3) is 10.8 Å². The van der Waals surface area contributed by atoms with Gasteiger partial charge in [0.2, 0.25) is 0 Å². The van der Waals surface area contributed by atoms with E-state index < -0.39 is 13.6 Å². The Morgan fingerprint density at radius 2 is 1.67 bits per heavy atom. The summed E-state index contributed by atoms with van der Waals surface area (Å²) in [7, 11) is 0.130.